The summed E-state index contributed by atoms with van der Waals surface area (Å²) in [5.74, 6) is -2.38. The second-order valence-electron chi connectivity index (χ2n) is 15.9. The highest BCUT2D eigenvalue weighted by atomic mass is 31.2. The maximum Gasteiger partial charge on any atom is 0.472 e. The highest BCUT2D eigenvalue weighted by Gasteiger charge is 2.28. The minimum Gasteiger partial charge on any atom is -0.480 e. The number of esters is 1. The monoisotopic (exact) mass is 868 g/mol. The Labute approximate surface area is 364 Å². The number of nitrogens with one attached hydrogen (secondary N) is 1. The number of phosphoric acid groups is 1. The van der Waals surface area contributed by atoms with E-state index in [-0.39, 0.29) is 12.8 Å². The van der Waals surface area contributed by atoms with Gasteiger partial charge in [0.15, 0.2) is 6.04 Å². The largest absolute Gasteiger partial charge is 0.480 e. The molecule has 0 bridgehead atoms. The molecule has 11 nitrogen and oxygen atoms in total. The van der Waals surface area contributed by atoms with Crippen molar-refractivity contribution in [1.82, 2.24) is 5.32 Å². The highest BCUT2D eigenvalue weighted by Crippen LogP contribution is 2.43. The summed E-state index contributed by atoms with van der Waals surface area (Å²) in [7, 11) is -4.76. The van der Waals surface area contributed by atoms with Gasteiger partial charge in [0.2, 0.25) is 5.91 Å². The van der Waals surface area contributed by atoms with Crippen molar-refractivity contribution < 1.29 is 47.8 Å². The highest BCUT2D eigenvalue weighted by molar-refractivity contribution is 7.47. The summed E-state index contributed by atoms with van der Waals surface area (Å²) in [6.45, 7) is 2.48. The third-order valence-corrected chi connectivity index (χ3v) is 11.1. The van der Waals surface area contributed by atoms with E-state index < -0.39 is 57.6 Å². The van der Waals surface area contributed by atoms with Crippen LogP contribution in [-0.2, 0) is 32.7 Å². The molecular formula is C48H86NO10P. The van der Waals surface area contributed by atoms with E-state index in [4.69, 9.17) is 13.8 Å². The normalized spacial score (nSPS) is 14.1. The van der Waals surface area contributed by atoms with Gasteiger partial charge >= 0.3 is 19.8 Å². The number of hydrogen-bond donors (Lipinski definition) is 4. The summed E-state index contributed by atoms with van der Waals surface area (Å²) in [5, 5.41) is 21.9. The number of unbranched alkanes of at least 4 members (excludes halogenated alkanes) is 22. The molecule has 60 heavy (non-hydrogen) atoms. The summed E-state index contributed by atoms with van der Waals surface area (Å²) < 4.78 is 26.9. The van der Waals surface area contributed by atoms with Gasteiger partial charge in [0.05, 0.1) is 13.2 Å². The van der Waals surface area contributed by atoms with E-state index in [9.17, 15) is 34.1 Å². The molecule has 0 saturated carbocycles. The second-order valence-corrected chi connectivity index (χ2v) is 17.4. The first-order chi connectivity index (χ1) is 29.1. The van der Waals surface area contributed by atoms with Crippen LogP contribution in [0.25, 0.3) is 0 Å². The van der Waals surface area contributed by atoms with E-state index in [1.165, 1.54) is 96.3 Å². The average molecular weight is 868 g/mol. The lowest BCUT2D eigenvalue weighted by Gasteiger charge is -2.18. The molecule has 0 aliphatic heterocycles. The molecule has 0 heterocycles. The summed E-state index contributed by atoms with van der Waals surface area (Å²) >= 11 is 0. The van der Waals surface area contributed by atoms with Gasteiger partial charge in [-0.15, -0.1) is 0 Å². The molecule has 0 radical (unpaired) electrons. The Morgan fingerprint density at radius 1 is 0.550 bits per heavy atom. The van der Waals surface area contributed by atoms with Crippen LogP contribution < -0.4 is 5.32 Å². The van der Waals surface area contributed by atoms with Crippen LogP contribution in [0.3, 0.4) is 0 Å². The van der Waals surface area contributed by atoms with E-state index >= 15 is 0 Å². The van der Waals surface area contributed by atoms with Gasteiger partial charge in [-0.1, -0.05) is 172 Å². The summed E-state index contributed by atoms with van der Waals surface area (Å²) in [6, 6.07) is -1.55. The fraction of sp³-hybridized carbons (Fsp3) is 0.771. The molecule has 3 unspecified atom stereocenters. The molecule has 1 amide bonds. The third-order valence-electron chi connectivity index (χ3n) is 10.1. The second kappa shape index (κ2) is 43.1. The zero-order valence-electron chi connectivity index (χ0n) is 37.8. The van der Waals surface area contributed by atoms with Gasteiger partial charge in [-0.2, -0.15) is 0 Å². The molecule has 0 rings (SSSR count). The number of allylic oxidation sites excluding steroid dienone is 8. The van der Waals surface area contributed by atoms with Crippen LogP contribution in [-0.4, -0.2) is 64.9 Å². The van der Waals surface area contributed by atoms with Crippen LogP contribution in [0.5, 0.6) is 0 Å². The van der Waals surface area contributed by atoms with Crippen LogP contribution in [0.15, 0.2) is 48.6 Å². The molecule has 0 fully saturated rings. The van der Waals surface area contributed by atoms with E-state index in [1.54, 1.807) is 0 Å². The Morgan fingerprint density at radius 3 is 1.47 bits per heavy atom. The van der Waals surface area contributed by atoms with Gasteiger partial charge in [0.1, 0.15) is 12.7 Å². The predicted octanol–water partition coefficient (Wildman–Crippen LogP) is 12.6. The third kappa shape index (κ3) is 42.1. The van der Waals surface area contributed by atoms with Crippen LogP contribution in [0.1, 0.15) is 206 Å². The van der Waals surface area contributed by atoms with Crippen molar-refractivity contribution in [2.75, 3.05) is 19.8 Å². The van der Waals surface area contributed by atoms with Crippen molar-refractivity contribution in [1.29, 1.82) is 0 Å². The SMILES string of the molecule is CC/C=C\C/C=C\C/C=C\CCCCCCCCCC(=O)OCC(O)COP(=O)(O)OCC(NC(=O)CCCCCCCCCCC/C=C/CCCCCCCC)C(=O)O. The maximum absolute atomic E-state index is 12.3. The number of phosphoric ester groups is 1. The lowest BCUT2D eigenvalue weighted by atomic mass is 10.1. The van der Waals surface area contributed by atoms with Crippen molar-refractivity contribution in [3.05, 3.63) is 48.6 Å². The first kappa shape index (κ1) is 57.4. The Morgan fingerprint density at radius 2 is 0.967 bits per heavy atom. The van der Waals surface area contributed by atoms with Crippen molar-refractivity contribution in [3.63, 3.8) is 0 Å². The van der Waals surface area contributed by atoms with Crippen molar-refractivity contribution in [3.8, 4) is 0 Å². The number of carboxylic acid groups (broad SMARTS) is 1. The summed E-state index contributed by atoms with van der Waals surface area (Å²) in [5.41, 5.74) is 0. The number of amides is 1. The van der Waals surface area contributed by atoms with Gasteiger partial charge in [-0.3, -0.25) is 18.6 Å². The molecule has 0 aromatic heterocycles. The Hall–Kier alpha value is -2.56. The number of aliphatic hydroxyl groups excluding tert-OH is 1. The first-order valence-electron chi connectivity index (χ1n) is 23.7. The van der Waals surface area contributed by atoms with E-state index in [1.807, 2.05) is 0 Å². The van der Waals surface area contributed by atoms with Crippen molar-refractivity contribution >= 4 is 25.7 Å². The molecule has 0 aliphatic rings. The van der Waals surface area contributed by atoms with E-state index in [2.05, 4.69) is 67.8 Å². The number of ether oxygens (including phenoxy) is 1. The van der Waals surface area contributed by atoms with Crippen molar-refractivity contribution in [2.24, 2.45) is 0 Å². The van der Waals surface area contributed by atoms with Gasteiger partial charge in [0, 0.05) is 12.8 Å². The standard InChI is InChI=1S/C48H86NO10P/c1-3-5-7-9-11-13-15-17-19-21-22-24-25-27-29-31-33-35-37-39-46(51)49-45(48(53)54)43-59-60(55,56)58-42-44(50)41-57-47(52)40-38-36-34-32-30-28-26-23-20-18-16-14-12-10-8-6-4-2/h6,8,12,14,17-20,44-45,50H,3-5,7,9-11,13,15-16,21-43H2,1-2H3,(H,49,51)(H,53,54)(H,55,56)/b8-6-,14-12-,19-17+,20-18-. The number of carboxylic acids is 1. The van der Waals surface area contributed by atoms with Crippen LogP contribution in [0.4, 0.5) is 0 Å². The molecule has 0 aliphatic carbocycles. The predicted molar refractivity (Wildman–Crippen MR) is 245 cm³/mol. The fourth-order valence-electron chi connectivity index (χ4n) is 6.44. The molecule has 4 N–H and O–H groups in total. The quantitative estimate of drug-likeness (QED) is 0.0200. The van der Waals surface area contributed by atoms with Gasteiger partial charge < -0.3 is 25.2 Å². The van der Waals surface area contributed by atoms with Crippen LogP contribution in [0, 0.1) is 0 Å². The zero-order valence-corrected chi connectivity index (χ0v) is 38.6. The number of hydrogen-bond acceptors (Lipinski definition) is 8. The lowest BCUT2D eigenvalue weighted by molar-refractivity contribution is -0.147. The summed E-state index contributed by atoms with van der Waals surface area (Å²) in [4.78, 5) is 46.0. The van der Waals surface area contributed by atoms with Crippen molar-refractivity contribution in [2.45, 2.75) is 219 Å². The molecule has 0 spiro atoms. The molecule has 0 aromatic rings. The minimum atomic E-state index is -4.76. The molecule has 3 atom stereocenters. The molecule has 0 aromatic carbocycles. The molecule has 0 saturated heterocycles. The average Bonchev–Trinajstić information content (AvgIpc) is 3.22. The van der Waals surface area contributed by atoms with Gasteiger partial charge in [0.25, 0.3) is 0 Å². The molecular weight excluding hydrogens is 781 g/mol. The number of rotatable bonds is 44. The Kier molecular flexibility index (Phi) is 41.3. The van der Waals surface area contributed by atoms with Crippen LogP contribution in [0.2, 0.25) is 0 Å². The number of carbonyl (C=O) groups excluding carboxylic acids is 2. The van der Waals surface area contributed by atoms with E-state index in [0.717, 1.165) is 70.6 Å². The topological polar surface area (TPSA) is 169 Å². The van der Waals surface area contributed by atoms with E-state index in [0.29, 0.717) is 12.8 Å². The lowest BCUT2D eigenvalue weighted by Crippen LogP contribution is -2.43. The Balaban J connectivity index is 3.88. The van der Waals surface area contributed by atoms with Gasteiger partial charge in [-0.05, 0) is 70.6 Å². The zero-order chi connectivity index (χ0) is 44.2. The first-order valence-corrected chi connectivity index (χ1v) is 25.2. The summed E-state index contributed by atoms with van der Waals surface area (Å²) in [6.07, 6.45) is 48.4. The minimum absolute atomic E-state index is 0.142. The Bertz CT molecular complexity index is 1200. The maximum atomic E-state index is 12.3. The number of aliphatic hydroxyl groups is 1. The molecule has 348 valence electrons. The van der Waals surface area contributed by atoms with Crippen LogP contribution >= 0.6 is 7.82 Å². The van der Waals surface area contributed by atoms with Gasteiger partial charge in [-0.25, -0.2) is 9.36 Å². The smallest absolute Gasteiger partial charge is 0.472 e. The number of aliphatic carboxylic acids is 1. The fourth-order valence-corrected chi connectivity index (χ4v) is 7.21. The molecule has 12 heteroatoms. The number of carbonyl (C=O) groups is 3.